The first-order valence-corrected chi connectivity index (χ1v) is 5.01. The van der Waals surface area contributed by atoms with Gasteiger partial charge in [0.15, 0.2) is 0 Å². The lowest BCUT2D eigenvalue weighted by Crippen LogP contribution is -2.22. The van der Waals surface area contributed by atoms with Gasteiger partial charge in [-0.05, 0) is 42.2 Å². The smallest absolute Gasteiger partial charge is 0.0799 e. The Labute approximate surface area is 76.5 Å². The third kappa shape index (κ3) is 2.93. The summed E-state index contributed by atoms with van der Waals surface area (Å²) >= 11 is 1.66. The van der Waals surface area contributed by atoms with E-state index in [9.17, 15) is 5.11 Å². The number of rotatable bonds is 4. The van der Waals surface area contributed by atoms with E-state index in [1.165, 1.54) is 5.56 Å². The molecule has 0 fully saturated rings. The molecular formula is C9H14O2S. The van der Waals surface area contributed by atoms with Crippen molar-refractivity contribution < 1.29 is 10.2 Å². The van der Waals surface area contributed by atoms with Crippen LogP contribution >= 0.6 is 11.3 Å². The lowest BCUT2D eigenvalue weighted by molar-refractivity contribution is 0.0265. The molecule has 0 radical (unpaired) electrons. The Morgan fingerprint density at radius 3 is 2.75 bits per heavy atom. The van der Waals surface area contributed by atoms with Gasteiger partial charge < -0.3 is 10.2 Å². The highest BCUT2D eigenvalue weighted by Gasteiger charge is 2.10. The Kier molecular flexibility index (Phi) is 3.72. The highest BCUT2D eigenvalue weighted by molar-refractivity contribution is 7.07. The first-order chi connectivity index (χ1) is 5.70. The van der Waals surface area contributed by atoms with Crippen molar-refractivity contribution in [2.75, 3.05) is 0 Å². The van der Waals surface area contributed by atoms with E-state index in [0.29, 0.717) is 6.42 Å². The molecule has 2 atom stereocenters. The molecule has 0 aliphatic heterocycles. The van der Waals surface area contributed by atoms with Gasteiger partial charge in [-0.2, -0.15) is 11.3 Å². The van der Waals surface area contributed by atoms with Crippen LogP contribution in [0.3, 0.4) is 0 Å². The van der Waals surface area contributed by atoms with Crippen LogP contribution in [0, 0.1) is 0 Å². The van der Waals surface area contributed by atoms with Gasteiger partial charge in [-0.1, -0.05) is 0 Å². The molecule has 12 heavy (non-hydrogen) atoms. The summed E-state index contributed by atoms with van der Waals surface area (Å²) in [6.07, 6.45) is 0.262. The number of thiophene rings is 1. The zero-order valence-electron chi connectivity index (χ0n) is 7.10. The van der Waals surface area contributed by atoms with Gasteiger partial charge >= 0.3 is 0 Å². The van der Waals surface area contributed by atoms with Gasteiger partial charge in [0, 0.05) is 0 Å². The molecule has 0 spiro atoms. The van der Waals surface area contributed by atoms with E-state index in [0.717, 1.165) is 6.42 Å². The molecule has 2 N–H and O–H groups in total. The van der Waals surface area contributed by atoms with Crippen molar-refractivity contribution in [3.63, 3.8) is 0 Å². The van der Waals surface area contributed by atoms with Crippen molar-refractivity contribution >= 4 is 11.3 Å². The van der Waals surface area contributed by atoms with Crippen LogP contribution in [0.2, 0.25) is 0 Å². The van der Waals surface area contributed by atoms with E-state index in [-0.39, 0.29) is 0 Å². The second-order valence-corrected chi connectivity index (χ2v) is 3.76. The predicted molar refractivity (Wildman–Crippen MR) is 50.3 cm³/mol. The molecule has 2 unspecified atom stereocenters. The minimum atomic E-state index is -0.622. The average Bonchev–Trinajstić information content (AvgIpc) is 2.51. The lowest BCUT2D eigenvalue weighted by atomic mass is 10.1. The van der Waals surface area contributed by atoms with Crippen molar-refractivity contribution in [2.24, 2.45) is 0 Å². The summed E-state index contributed by atoms with van der Waals surface area (Å²) in [5.74, 6) is 0. The van der Waals surface area contributed by atoms with Crippen molar-refractivity contribution in [3.05, 3.63) is 22.4 Å². The fraction of sp³-hybridized carbons (Fsp3) is 0.556. The monoisotopic (exact) mass is 186 g/mol. The quantitative estimate of drug-likeness (QED) is 0.746. The summed E-state index contributed by atoms with van der Waals surface area (Å²) in [4.78, 5) is 0. The molecule has 0 bridgehead atoms. The van der Waals surface area contributed by atoms with Crippen LogP contribution < -0.4 is 0 Å². The van der Waals surface area contributed by atoms with E-state index in [2.05, 4.69) is 5.38 Å². The number of aryl methyl sites for hydroxylation is 1. The molecule has 0 amide bonds. The highest BCUT2D eigenvalue weighted by atomic mass is 32.1. The first-order valence-electron chi connectivity index (χ1n) is 4.07. The van der Waals surface area contributed by atoms with Crippen LogP contribution in [0.25, 0.3) is 0 Å². The van der Waals surface area contributed by atoms with Gasteiger partial charge in [0.05, 0.1) is 12.2 Å². The molecule has 0 aromatic carbocycles. The summed E-state index contributed by atoms with van der Waals surface area (Å²) in [6, 6.07) is 2.04. The largest absolute Gasteiger partial charge is 0.391 e. The third-order valence-electron chi connectivity index (χ3n) is 1.87. The van der Waals surface area contributed by atoms with Gasteiger partial charge in [0.2, 0.25) is 0 Å². The lowest BCUT2D eigenvalue weighted by Gasteiger charge is -2.12. The summed E-state index contributed by atoms with van der Waals surface area (Å²) in [7, 11) is 0. The molecule has 1 rings (SSSR count). The molecule has 0 aliphatic rings. The maximum Gasteiger partial charge on any atom is 0.0799 e. The van der Waals surface area contributed by atoms with Gasteiger partial charge in [-0.15, -0.1) is 0 Å². The Bertz CT molecular complexity index is 206. The second kappa shape index (κ2) is 4.60. The highest BCUT2D eigenvalue weighted by Crippen LogP contribution is 2.10. The normalized spacial score (nSPS) is 15.9. The maximum absolute atomic E-state index is 9.28. The van der Waals surface area contributed by atoms with Crippen molar-refractivity contribution in [1.82, 2.24) is 0 Å². The topological polar surface area (TPSA) is 40.5 Å². The minimum absolute atomic E-state index is 0.593. The molecule has 0 aliphatic carbocycles. The van der Waals surface area contributed by atoms with Gasteiger partial charge in [-0.3, -0.25) is 0 Å². The Balaban J connectivity index is 2.27. The van der Waals surface area contributed by atoms with Crippen LogP contribution in [0.15, 0.2) is 16.8 Å². The van der Waals surface area contributed by atoms with Crippen LogP contribution in [-0.2, 0) is 6.42 Å². The fourth-order valence-corrected chi connectivity index (χ4v) is 1.69. The van der Waals surface area contributed by atoms with Crippen molar-refractivity contribution in [1.29, 1.82) is 0 Å². The zero-order valence-corrected chi connectivity index (χ0v) is 7.92. The molecule has 1 heterocycles. The molecular weight excluding hydrogens is 172 g/mol. The molecule has 3 heteroatoms. The van der Waals surface area contributed by atoms with Gasteiger partial charge in [0.25, 0.3) is 0 Å². The van der Waals surface area contributed by atoms with Crippen LogP contribution in [0.1, 0.15) is 18.9 Å². The Hall–Kier alpha value is -0.380. The number of hydrogen-bond donors (Lipinski definition) is 2. The summed E-state index contributed by atoms with van der Waals surface area (Å²) in [5, 5.41) is 22.4. The maximum atomic E-state index is 9.28. The number of aliphatic hydroxyl groups excluding tert-OH is 2. The van der Waals surface area contributed by atoms with Crippen molar-refractivity contribution in [3.8, 4) is 0 Å². The van der Waals surface area contributed by atoms with E-state index in [1.54, 1.807) is 18.3 Å². The first kappa shape index (κ1) is 9.71. The second-order valence-electron chi connectivity index (χ2n) is 2.98. The average molecular weight is 186 g/mol. The predicted octanol–water partition coefficient (Wildman–Crippen LogP) is 1.42. The summed E-state index contributed by atoms with van der Waals surface area (Å²) < 4.78 is 0. The molecule has 1 aromatic heterocycles. The van der Waals surface area contributed by atoms with E-state index in [1.807, 2.05) is 11.4 Å². The van der Waals surface area contributed by atoms with E-state index < -0.39 is 12.2 Å². The standard InChI is InChI=1S/C9H14O2S/c1-7(10)9(11)3-2-8-4-5-12-6-8/h4-7,9-11H,2-3H2,1H3. The third-order valence-corrected chi connectivity index (χ3v) is 2.60. The van der Waals surface area contributed by atoms with Crippen LogP contribution in [0.5, 0.6) is 0 Å². The van der Waals surface area contributed by atoms with E-state index in [4.69, 9.17) is 5.11 Å². The summed E-state index contributed by atoms with van der Waals surface area (Å²) in [5.41, 5.74) is 1.24. The fourth-order valence-electron chi connectivity index (χ4n) is 0.991. The number of hydrogen-bond acceptors (Lipinski definition) is 3. The SMILES string of the molecule is CC(O)C(O)CCc1ccsc1. The van der Waals surface area contributed by atoms with Crippen LogP contribution in [-0.4, -0.2) is 22.4 Å². The van der Waals surface area contributed by atoms with E-state index >= 15 is 0 Å². The zero-order chi connectivity index (χ0) is 8.97. The van der Waals surface area contributed by atoms with Gasteiger partial charge in [-0.25, -0.2) is 0 Å². The number of aliphatic hydroxyl groups is 2. The molecule has 2 nitrogen and oxygen atoms in total. The molecule has 68 valence electrons. The Morgan fingerprint density at radius 1 is 1.50 bits per heavy atom. The minimum Gasteiger partial charge on any atom is -0.391 e. The summed E-state index contributed by atoms with van der Waals surface area (Å²) in [6.45, 7) is 1.61. The van der Waals surface area contributed by atoms with Crippen molar-refractivity contribution in [2.45, 2.75) is 32.0 Å². The van der Waals surface area contributed by atoms with Gasteiger partial charge in [0.1, 0.15) is 0 Å². The molecule has 1 aromatic rings. The Morgan fingerprint density at radius 2 is 2.25 bits per heavy atom. The van der Waals surface area contributed by atoms with Crippen LogP contribution in [0.4, 0.5) is 0 Å². The molecule has 0 saturated carbocycles. The molecule has 0 saturated heterocycles.